The largest absolute Gasteiger partial charge is 0.463 e. The fourth-order valence-corrected chi connectivity index (χ4v) is 5.50. The Morgan fingerprint density at radius 3 is 2.76 bits per heavy atom. The van der Waals surface area contributed by atoms with Crippen molar-refractivity contribution in [1.29, 1.82) is 0 Å². The van der Waals surface area contributed by atoms with Gasteiger partial charge in [-0.2, -0.15) is 0 Å². The predicted molar refractivity (Wildman–Crippen MR) is 128 cm³/mol. The van der Waals surface area contributed by atoms with Crippen LogP contribution in [-0.4, -0.2) is 32.9 Å². The van der Waals surface area contributed by atoms with Gasteiger partial charge in [-0.25, -0.2) is 0 Å². The van der Waals surface area contributed by atoms with E-state index in [1.807, 2.05) is 41.8 Å². The van der Waals surface area contributed by atoms with Crippen molar-refractivity contribution in [3.63, 3.8) is 0 Å². The maximum atomic E-state index is 13.9. The molecule has 1 fully saturated rings. The van der Waals surface area contributed by atoms with Crippen LogP contribution >= 0.6 is 11.6 Å². The third-order valence-electron chi connectivity index (χ3n) is 7.31. The van der Waals surface area contributed by atoms with E-state index in [1.54, 1.807) is 17.2 Å². The van der Waals surface area contributed by atoms with Gasteiger partial charge in [-0.05, 0) is 43.4 Å². The Labute approximate surface area is 198 Å². The number of nitrogens with zero attached hydrogens (tertiary/aromatic N) is 2. The lowest BCUT2D eigenvalue weighted by Gasteiger charge is -2.44. The van der Waals surface area contributed by atoms with Crippen LogP contribution in [0.15, 0.2) is 47.1 Å². The minimum absolute atomic E-state index is 0.0973. The van der Waals surface area contributed by atoms with E-state index in [-0.39, 0.29) is 17.9 Å². The highest BCUT2D eigenvalue weighted by Crippen LogP contribution is 2.34. The van der Waals surface area contributed by atoms with Crippen molar-refractivity contribution >= 4 is 34.5 Å². The van der Waals surface area contributed by atoms with Crippen molar-refractivity contribution in [2.75, 3.05) is 0 Å². The molecule has 0 saturated heterocycles. The second-order valence-corrected chi connectivity index (χ2v) is 10.3. The number of halogens is 1. The van der Waals surface area contributed by atoms with Crippen molar-refractivity contribution in [2.24, 2.45) is 5.92 Å². The Bertz CT molecular complexity index is 1180. The minimum Gasteiger partial charge on any atom is -0.463 e. The quantitative estimate of drug-likeness (QED) is 0.523. The third kappa shape index (κ3) is 4.05. The van der Waals surface area contributed by atoms with Gasteiger partial charge >= 0.3 is 0 Å². The topological polar surface area (TPSA) is 67.5 Å². The van der Waals surface area contributed by atoms with E-state index in [0.29, 0.717) is 35.3 Å². The second-order valence-electron chi connectivity index (χ2n) is 9.87. The molecule has 7 heteroatoms. The lowest BCUT2D eigenvalue weighted by atomic mass is 9.92. The number of fused-ring (bicyclic) bond motifs is 3. The smallest absolute Gasteiger partial charge is 0.271 e. The summed E-state index contributed by atoms with van der Waals surface area (Å²) in [5.41, 5.74) is 1.94. The van der Waals surface area contributed by atoms with E-state index in [0.717, 1.165) is 30.3 Å². The fourth-order valence-electron chi connectivity index (χ4n) is 5.37. The van der Waals surface area contributed by atoms with Crippen molar-refractivity contribution in [3.05, 3.63) is 58.9 Å². The average Bonchev–Trinajstić information content (AvgIpc) is 3.31. The lowest BCUT2D eigenvalue weighted by molar-refractivity contribution is -0.134. The van der Waals surface area contributed by atoms with Gasteiger partial charge in [-0.3, -0.25) is 9.59 Å². The van der Waals surface area contributed by atoms with E-state index >= 15 is 0 Å². The summed E-state index contributed by atoms with van der Waals surface area (Å²) < 4.78 is 7.48. The standard InChI is InChI=1S/C26H30ClN3O3/c1-17-5-3-4-6-20(13-17)28-25(32)26(2)16-29-21-11-12-33-23(21)14-22(29)24(31)30(26)15-18-7-9-19(27)10-8-18/h7-12,14,17,20H,3-6,13,15-16H2,1-2H3,(H,28,32). The molecule has 2 amide bonds. The summed E-state index contributed by atoms with van der Waals surface area (Å²) in [6.45, 7) is 4.84. The monoisotopic (exact) mass is 467 g/mol. The molecule has 1 aliphatic carbocycles. The molecule has 1 N–H and O–H groups in total. The number of rotatable bonds is 4. The number of nitrogens with one attached hydrogen (secondary N) is 1. The first kappa shape index (κ1) is 22.1. The first-order valence-corrected chi connectivity index (χ1v) is 12.2. The molecule has 33 heavy (non-hydrogen) atoms. The van der Waals surface area contributed by atoms with E-state index in [1.165, 1.54) is 12.8 Å². The molecule has 3 aromatic rings. The van der Waals surface area contributed by atoms with Crippen LogP contribution in [0.1, 0.15) is 62.0 Å². The summed E-state index contributed by atoms with van der Waals surface area (Å²) in [6.07, 6.45) is 7.11. The minimum atomic E-state index is -1.04. The Balaban J connectivity index is 1.50. The number of furan rings is 1. The number of hydrogen-bond acceptors (Lipinski definition) is 3. The number of benzene rings is 1. The van der Waals surface area contributed by atoms with Crippen LogP contribution in [-0.2, 0) is 17.9 Å². The van der Waals surface area contributed by atoms with Crippen molar-refractivity contribution in [3.8, 4) is 0 Å². The normalized spacial score (nSPS) is 25.7. The molecule has 1 saturated carbocycles. The molecular weight excluding hydrogens is 438 g/mol. The van der Waals surface area contributed by atoms with Crippen LogP contribution in [0.2, 0.25) is 5.02 Å². The third-order valence-corrected chi connectivity index (χ3v) is 7.57. The van der Waals surface area contributed by atoms with Crippen LogP contribution in [0, 0.1) is 5.92 Å². The highest BCUT2D eigenvalue weighted by Gasteiger charge is 2.48. The van der Waals surface area contributed by atoms with Gasteiger partial charge in [-0.15, -0.1) is 0 Å². The highest BCUT2D eigenvalue weighted by atomic mass is 35.5. The van der Waals surface area contributed by atoms with Gasteiger partial charge in [0.05, 0.1) is 18.3 Å². The second kappa shape index (κ2) is 8.56. The zero-order valence-corrected chi connectivity index (χ0v) is 19.9. The van der Waals surface area contributed by atoms with Crippen molar-refractivity contribution in [1.82, 2.24) is 14.8 Å². The summed E-state index contributed by atoms with van der Waals surface area (Å²) in [7, 11) is 0. The average molecular weight is 468 g/mol. The molecule has 0 spiro atoms. The molecule has 1 aromatic carbocycles. The first-order chi connectivity index (χ1) is 15.8. The molecule has 3 atom stereocenters. The zero-order chi connectivity index (χ0) is 23.2. The Kier molecular flexibility index (Phi) is 5.73. The molecule has 1 aliphatic heterocycles. The number of carbonyl (C=O) groups excluding carboxylic acids is 2. The number of amides is 2. The summed E-state index contributed by atoms with van der Waals surface area (Å²) in [5, 5.41) is 3.96. The van der Waals surface area contributed by atoms with Gasteiger partial charge < -0.3 is 19.2 Å². The van der Waals surface area contributed by atoms with Gasteiger partial charge in [0.15, 0.2) is 5.58 Å². The van der Waals surface area contributed by atoms with Crippen LogP contribution in [0.4, 0.5) is 0 Å². The SMILES string of the molecule is CC1CCCCC(NC(=O)C2(C)Cn3c(cc4occc43)C(=O)N2Cc2ccc(Cl)cc2)C1. The summed E-state index contributed by atoms with van der Waals surface area (Å²) >= 11 is 6.06. The van der Waals surface area contributed by atoms with E-state index < -0.39 is 5.54 Å². The lowest BCUT2D eigenvalue weighted by Crippen LogP contribution is -2.64. The fraction of sp³-hybridized carbons (Fsp3) is 0.462. The Morgan fingerprint density at radius 1 is 1.21 bits per heavy atom. The van der Waals surface area contributed by atoms with Gasteiger partial charge in [0, 0.05) is 29.7 Å². The van der Waals surface area contributed by atoms with E-state index in [4.69, 9.17) is 16.0 Å². The van der Waals surface area contributed by atoms with Gasteiger partial charge in [0.25, 0.3) is 5.91 Å². The Hall–Kier alpha value is -2.73. The van der Waals surface area contributed by atoms with E-state index in [9.17, 15) is 9.59 Å². The van der Waals surface area contributed by atoms with Crippen LogP contribution in [0.3, 0.4) is 0 Å². The number of hydrogen-bond donors (Lipinski definition) is 1. The summed E-state index contributed by atoms with van der Waals surface area (Å²) in [4.78, 5) is 29.3. The molecule has 0 radical (unpaired) electrons. The summed E-state index contributed by atoms with van der Waals surface area (Å²) in [5.74, 6) is 0.319. The molecule has 2 aromatic heterocycles. The number of carbonyl (C=O) groups is 2. The van der Waals surface area contributed by atoms with Gasteiger partial charge in [0.2, 0.25) is 5.91 Å². The molecule has 6 nitrogen and oxygen atoms in total. The van der Waals surface area contributed by atoms with Crippen LogP contribution in [0.25, 0.3) is 11.1 Å². The van der Waals surface area contributed by atoms with Crippen molar-refractivity contribution < 1.29 is 14.0 Å². The van der Waals surface area contributed by atoms with Crippen molar-refractivity contribution in [2.45, 2.75) is 70.6 Å². The zero-order valence-electron chi connectivity index (χ0n) is 19.1. The Morgan fingerprint density at radius 2 is 1.97 bits per heavy atom. The molecule has 174 valence electrons. The van der Waals surface area contributed by atoms with Crippen LogP contribution < -0.4 is 5.32 Å². The van der Waals surface area contributed by atoms with Gasteiger partial charge in [-0.1, -0.05) is 49.9 Å². The predicted octanol–water partition coefficient (Wildman–Crippen LogP) is 5.39. The van der Waals surface area contributed by atoms with E-state index in [2.05, 4.69) is 12.2 Å². The molecular formula is C26H30ClN3O3. The molecule has 5 rings (SSSR count). The van der Waals surface area contributed by atoms with Gasteiger partial charge in [0.1, 0.15) is 11.2 Å². The first-order valence-electron chi connectivity index (χ1n) is 11.8. The molecule has 3 unspecified atom stereocenters. The molecule has 3 heterocycles. The number of aromatic nitrogens is 1. The maximum absolute atomic E-state index is 13.9. The molecule has 2 aliphatic rings. The molecule has 0 bridgehead atoms. The highest BCUT2D eigenvalue weighted by molar-refractivity contribution is 6.30. The van der Waals surface area contributed by atoms with Crippen LogP contribution in [0.5, 0.6) is 0 Å². The summed E-state index contributed by atoms with van der Waals surface area (Å²) in [6, 6.07) is 11.2. The maximum Gasteiger partial charge on any atom is 0.271 e.